The van der Waals surface area contributed by atoms with E-state index in [1.165, 1.54) is 44.9 Å². The monoisotopic (exact) mass is 321 g/mol. The lowest BCUT2D eigenvalue weighted by Gasteiger charge is -2.24. The molecule has 1 atom stereocenters. The standard InChI is InChI=1S/C17H31N5O/c1-4-18-17(19-12-16-21-14(3)23-22-16)20-13(2)10-11-15-8-6-5-7-9-15/h13,15H,4-12H2,1-3H3,(H2,18,19,20). The number of nitrogens with one attached hydrogen (secondary N) is 2. The number of guanidine groups is 1. The van der Waals surface area contributed by atoms with Crippen molar-refractivity contribution in [3.63, 3.8) is 0 Å². The largest absolute Gasteiger partial charge is 0.357 e. The second-order valence-electron chi connectivity index (χ2n) is 6.55. The Morgan fingerprint density at radius 1 is 1.35 bits per heavy atom. The quantitative estimate of drug-likeness (QED) is 0.596. The van der Waals surface area contributed by atoms with Gasteiger partial charge in [-0.15, -0.1) is 0 Å². The number of aryl methyl sites for hydroxylation is 1. The molecule has 130 valence electrons. The highest BCUT2D eigenvalue weighted by Crippen LogP contribution is 2.27. The molecule has 1 aromatic rings. The molecule has 0 saturated heterocycles. The molecule has 6 nitrogen and oxygen atoms in total. The van der Waals surface area contributed by atoms with E-state index < -0.39 is 0 Å². The van der Waals surface area contributed by atoms with Gasteiger partial charge in [0.1, 0.15) is 6.54 Å². The highest BCUT2D eigenvalue weighted by molar-refractivity contribution is 5.79. The second kappa shape index (κ2) is 9.53. The van der Waals surface area contributed by atoms with Gasteiger partial charge in [-0.25, -0.2) is 4.99 Å². The molecule has 2 N–H and O–H groups in total. The van der Waals surface area contributed by atoms with Crippen molar-refractivity contribution in [2.45, 2.75) is 78.3 Å². The first-order valence-electron chi connectivity index (χ1n) is 9.01. The van der Waals surface area contributed by atoms with Crippen LogP contribution >= 0.6 is 0 Å². The smallest absolute Gasteiger partial charge is 0.223 e. The maximum absolute atomic E-state index is 4.97. The summed E-state index contributed by atoms with van der Waals surface area (Å²) >= 11 is 0. The van der Waals surface area contributed by atoms with Crippen molar-refractivity contribution in [3.05, 3.63) is 11.7 Å². The van der Waals surface area contributed by atoms with Crippen molar-refractivity contribution in [1.82, 2.24) is 20.8 Å². The molecule has 0 aliphatic heterocycles. The maximum atomic E-state index is 4.97. The highest BCUT2D eigenvalue weighted by Gasteiger charge is 2.15. The first-order valence-corrected chi connectivity index (χ1v) is 9.01. The Morgan fingerprint density at radius 2 is 2.13 bits per heavy atom. The predicted molar refractivity (Wildman–Crippen MR) is 92.3 cm³/mol. The Balaban J connectivity index is 1.77. The van der Waals surface area contributed by atoms with Crippen LogP contribution in [0.4, 0.5) is 0 Å². The molecule has 1 aliphatic carbocycles. The van der Waals surface area contributed by atoms with Crippen molar-refractivity contribution in [1.29, 1.82) is 0 Å². The molecule has 0 amide bonds. The fourth-order valence-electron chi connectivity index (χ4n) is 3.14. The zero-order valence-electron chi connectivity index (χ0n) is 14.8. The van der Waals surface area contributed by atoms with E-state index in [1.807, 2.05) is 0 Å². The molecule has 2 rings (SSSR count). The minimum atomic E-state index is 0.418. The summed E-state index contributed by atoms with van der Waals surface area (Å²) in [5.74, 6) is 2.95. The van der Waals surface area contributed by atoms with E-state index in [9.17, 15) is 0 Å². The molecular weight excluding hydrogens is 290 g/mol. The van der Waals surface area contributed by atoms with Gasteiger partial charge in [0.15, 0.2) is 11.8 Å². The van der Waals surface area contributed by atoms with Crippen molar-refractivity contribution >= 4 is 5.96 Å². The molecular formula is C17H31N5O. The number of hydrogen-bond donors (Lipinski definition) is 2. The summed E-state index contributed by atoms with van der Waals surface area (Å²) in [6, 6.07) is 0.418. The van der Waals surface area contributed by atoms with Gasteiger partial charge in [-0.2, -0.15) is 4.98 Å². The fourth-order valence-corrected chi connectivity index (χ4v) is 3.14. The van der Waals surface area contributed by atoms with Gasteiger partial charge in [-0.05, 0) is 32.6 Å². The number of aromatic nitrogens is 2. The van der Waals surface area contributed by atoms with Crippen molar-refractivity contribution < 1.29 is 4.52 Å². The zero-order chi connectivity index (χ0) is 16.5. The molecule has 1 aliphatic rings. The highest BCUT2D eigenvalue weighted by atomic mass is 16.5. The molecule has 1 unspecified atom stereocenters. The molecule has 0 bridgehead atoms. The van der Waals surface area contributed by atoms with Crippen LogP contribution in [0.2, 0.25) is 0 Å². The number of aliphatic imine (C=N–C) groups is 1. The van der Waals surface area contributed by atoms with Crippen molar-refractivity contribution in [2.24, 2.45) is 10.9 Å². The van der Waals surface area contributed by atoms with Gasteiger partial charge in [-0.1, -0.05) is 37.3 Å². The molecule has 0 radical (unpaired) electrons. The van der Waals surface area contributed by atoms with Gasteiger partial charge >= 0.3 is 0 Å². The van der Waals surface area contributed by atoms with Crippen LogP contribution in [-0.4, -0.2) is 28.7 Å². The molecule has 0 aromatic carbocycles. The summed E-state index contributed by atoms with van der Waals surface area (Å²) in [4.78, 5) is 8.72. The lowest BCUT2D eigenvalue weighted by atomic mass is 9.85. The average molecular weight is 321 g/mol. The van der Waals surface area contributed by atoms with Crippen molar-refractivity contribution in [2.75, 3.05) is 6.54 Å². The van der Waals surface area contributed by atoms with Gasteiger partial charge in [0.2, 0.25) is 5.89 Å². The van der Waals surface area contributed by atoms with E-state index >= 15 is 0 Å². The average Bonchev–Trinajstić information content (AvgIpc) is 2.97. The van der Waals surface area contributed by atoms with Crippen LogP contribution in [0.25, 0.3) is 0 Å². The van der Waals surface area contributed by atoms with Gasteiger partial charge in [0.05, 0.1) is 0 Å². The molecule has 1 saturated carbocycles. The van der Waals surface area contributed by atoms with E-state index in [1.54, 1.807) is 6.92 Å². The minimum Gasteiger partial charge on any atom is -0.357 e. The van der Waals surface area contributed by atoms with Gasteiger partial charge in [0.25, 0.3) is 0 Å². The SMILES string of the molecule is CCNC(=NCc1noc(C)n1)NC(C)CCC1CCCCC1. The summed E-state index contributed by atoms with van der Waals surface area (Å²) in [5.41, 5.74) is 0. The first-order chi connectivity index (χ1) is 11.2. The summed E-state index contributed by atoms with van der Waals surface area (Å²) in [6.45, 7) is 7.36. The number of nitrogens with zero attached hydrogens (tertiary/aromatic N) is 3. The van der Waals surface area contributed by atoms with Crippen LogP contribution in [0.3, 0.4) is 0 Å². The Morgan fingerprint density at radius 3 is 2.78 bits per heavy atom. The molecule has 23 heavy (non-hydrogen) atoms. The second-order valence-corrected chi connectivity index (χ2v) is 6.55. The molecule has 0 spiro atoms. The third-order valence-electron chi connectivity index (χ3n) is 4.41. The van der Waals surface area contributed by atoms with Crippen LogP contribution in [0.15, 0.2) is 9.52 Å². The van der Waals surface area contributed by atoms with Gasteiger partial charge in [0, 0.05) is 19.5 Å². The normalized spacial score (nSPS) is 18.0. The summed E-state index contributed by atoms with van der Waals surface area (Å²) in [6.07, 6.45) is 9.60. The summed E-state index contributed by atoms with van der Waals surface area (Å²) in [5, 5.41) is 10.6. The van der Waals surface area contributed by atoms with Gasteiger partial charge in [-0.3, -0.25) is 0 Å². The van der Waals surface area contributed by atoms with E-state index in [0.717, 1.165) is 18.4 Å². The lowest BCUT2D eigenvalue weighted by Crippen LogP contribution is -2.42. The minimum absolute atomic E-state index is 0.418. The van der Waals surface area contributed by atoms with Crippen LogP contribution in [0.5, 0.6) is 0 Å². The summed E-state index contributed by atoms with van der Waals surface area (Å²) < 4.78 is 4.97. The Kier molecular flexibility index (Phi) is 7.36. The Bertz CT molecular complexity index is 479. The molecule has 1 heterocycles. The zero-order valence-corrected chi connectivity index (χ0v) is 14.8. The third kappa shape index (κ3) is 6.59. The maximum Gasteiger partial charge on any atom is 0.223 e. The van der Waals surface area contributed by atoms with E-state index in [0.29, 0.717) is 24.3 Å². The predicted octanol–water partition coefficient (Wildman–Crippen LogP) is 3.18. The number of hydrogen-bond acceptors (Lipinski definition) is 4. The van der Waals surface area contributed by atoms with E-state index in [4.69, 9.17) is 4.52 Å². The topological polar surface area (TPSA) is 75.3 Å². The number of rotatable bonds is 7. The first kappa shape index (κ1) is 17.8. The fraction of sp³-hybridized carbons (Fsp3) is 0.824. The van der Waals surface area contributed by atoms with Gasteiger partial charge < -0.3 is 15.2 Å². The Labute approximate surface area is 139 Å². The molecule has 6 heteroatoms. The molecule has 1 fully saturated rings. The Hall–Kier alpha value is -1.59. The van der Waals surface area contributed by atoms with Crippen LogP contribution < -0.4 is 10.6 Å². The third-order valence-corrected chi connectivity index (χ3v) is 4.41. The lowest BCUT2D eigenvalue weighted by molar-refractivity contribution is 0.322. The van der Waals surface area contributed by atoms with Crippen molar-refractivity contribution in [3.8, 4) is 0 Å². The van der Waals surface area contributed by atoms with Crippen LogP contribution in [0.1, 0.15) is 70.5 Å². The molecule has 1 aromatic heterocycles. The van der Waals surface area contributed by atoms with E-state index in [2.05, 4.69) is 39.6 Å². The van der Waals surface area contributed by atoms with Crippen LogP contribution in [0, 0.1) is 12.8 Å². The van der Waals surface area contributed by atoms with Crippen LogP contribution in [-0.2, 0) is 6.54 Å². The van der Waals surface area contributed by atoms with E-state index in [-0.39, 0.29) is 0 Å². The summed E-state index contributed by atoms with van der Waals surface area (Å²) in [7, 11) is 0.